The third kappa shape index (κ3) is 4.89. The molecule has 2 aromatic carbocycles. The maximum atomic E-state index is 13.0. The normalized spacial score (nSPS) is 18.0. The first kappa shape index (κ1) is 25.2. The quantitative estimate of drug-likeness (QED) is 0.374. The zero-order valence-electron chi connectivity index (χ0n) is 22.0. The molecule has 4 aromatic rings. The van der Waals surface area contributed by atoms with Crippen LogP contribution in [0.4, 0.5) is 5.69 Å². The minimum Gasteiger partial charge on any atom is -0.379 e. The number of hydrogen-bond donors (Lipinski definition) is 0. The number of hydrogen-bond acceptors (Lipinski definition) is 8. The van der Waals surface area contributed by atoms with Crippen LogP contribution in [0.1, 0.15) is 0 Å². The molecule has 0 amide bonds. The molecule has 2 aromatic heterocycles. The predicted molar refractivity (Wildman–Crippen MR) is 151 cm³/mol. The Morgan fingerprint density at radius 2 is 1.58 bits per heavy atom. The van der Waals surface area contributed by atoms with E-state index in [-0.39, 0.29) is 5.16 Å². The number of fused-ring (bicyclic) bond motifs is 3. The van der Waals surface area contributed by atoms with Crippen molar-refractivity contribution in [1.82, 2.24) is 24.3 Å². The van der Waals surface area contributed by atoms with Gasteiger partial charge in [-0.2, -0.15) is 0 Å². The molecule has 2 saturated heterocycles. The number of nitrogens with zero attached hydrogens (tertiary/aromatic N) is 6. The third-order valence-electron chi connectivity index (χ3n) is 7.63. The number of rotatable bonds is 6. The van der Waals surface area contributed by atoms with E-state index in [1.807, 2.05) is 28.8 Å². The standard InChI is InChI=1S/C28H34N6O3S/c1-31-11-14-33(15-12-31)22-9-7-21(8-10-22)25-26-27(23-5-3-4-6-24(23)29-25)34(28(30-26)38(2,35)36)16-13-32-17-19-37-20-18-32/h3-10H,11-20H2,1-2H3. The minimum absolute atomic E-state index is 0.0919. The van der Waals surface area contributed by atoms with Gasteiger partial charge in [0.15, 0.2) is 0 Å². The second-order valence-electron chi connectivity index (χ2n) is 10.3. The van der Waals surface area contributed by atoms with Crippen LogP contribution in [0.25, 0.3) is 33.2 Å². The molecule has 0 N–H and O–H groups in total. The molecule has 0 atom stereocenters. The molecule has 200 valence electrons. The number of morpholine rings is 1. The topological polar surface area (TPSA) is 83.8 Å². The molecule has 2 fully saturated rings. The lowest BCUT2D eigenvalue weighted by Gasteiger charge is -2.34. The number of benzene rings is 2. The third-order valence-corrected chi connectivity index (χ3v) is 8.61. The van der Waals surface area contributed by atoms with Gasteiger partial charge in [-0.05, 0) is 25.2 Å². The van der Waals surface area contributed by atoms with Crippen molar-refractivity contribution in [1.29, 1.82) is 0 Å². The Morgan fingerprint density at radius 1 is 0.868 bits per heavy atom. The first-order valence-electron chi connectivity index (χ1n) is 13.2. The fourth-order valence-corrected chi connectivity index (χ4v) is 6.31. The molecule has 0 spiro atoms. The number of para-hydroxylation sites is 1. The van der Waals surface area contributed by atoms with Gasteiger partial charge >= 0.3 is 0 Å². The Morgan fingerprint density at radius 3 is 2.29 bits per heavy atom. The van der Waals surface area contributed by atoms with E-state index in [0.29, 0.717) is 31.0 Å². The van der Waals surface area contributed by atoms with Gasteiger partial charge in [0.1, 0.15) is 5.52 Å². The summed E-state index contributed by atoms with van der Waals surface area (Å²) in [7, 11) is -1.42. The highest BCUT2D eigenvalue weighted by Gasteiger charge is 2.25. The number of aromatic nitrogens is 3. The van der Waals surface area contributed by atoms with Crippen molar-refractivity contribution >= 4 is 37.5 Å². The SMILES string of the molecule is CN1CCN(c2ccc(-c3nc4ccccc4c4c3nc(S(C)(=O)=O)n4CCN3CCOCC3)cc2)CC1. The number of anilines is 1. The average molecular weight is 535 g/mol. The Hall–Kier alpha value is -3.05. The van der Waals surface area contributed by atoms with Crippen molar-refractivity contribution in [3.05, 3.63) is 48.5 Å². The van der Waals surface area contributed by atoms with Crippen molar-refractivity contribution < 1.29 is 13.2 Å². The van der Waals surface area contributed by atoms with E-state index >= 15 is 0 Å². The molecule has 0 saturated carbocycles. The van der Waals surface area contributed by atoms with Gasteiger partial charge in [-0.3, -0.25) is 4.90 Å². The summed E-state index contributed by atoms with van der Waals surface area (Å²) >= 11 is 0. The molecule has 2 aliphatic rings. The molecule has 2 aliphatic heterocycles. The van der Waals surface area contributed by atoms with Crippen LogP contribution in [0.2, 0.25) is 0 Å². The van der Waals surface area contributed by atoms with Gasteiger partial charge in [0.2, 0.25) is 15.0 Å². The zero-order valence-corrected chi connectivity index (χ0v) is 22.8. The molecule has 0 radical (unpaired) electrons. The number of ether oxygens (including phenoxy) is 1. The molecular formula is C28H34N6O3S. The van der Waals surface area contributed by atoms with Gasteiger partial charge in [0, 0.05) is 75.3 Å². The van der Waals surface area contributed by atoms with Gasteiger partial charge in [-0.25, -0.2) is 18.4 Å². The number of imidazole rings is 1. The summed E-state index contributed by atoms with van der Waals surface area (Å²) in [5.41, 5.74) is 5.09. The summed E-state index contributed by atoms with van der Waals surface area (Å²) in [6.45, 7) is 8.42. The molecule has 0 aliphatic carbocycles. The summed E-state index contributed by atoms with van der Waals surface area (Å²) < 4.78 is 33.3. The van der Waals surface area contributed by atoms with Gasteiger partial charge < -0.3 is 19.1 Å². The van der Waals surface area contributed by atoms with E-state index < -0.39 is 9.84 Å². The second kappa shape index (κ2) is 10.3. The van der Waals surface area contributed by atoms with E-state index in [1.54, 1.807) is 0 Å². The van der Waals surface area contributed by atoms with Crippen molar-refractivity contribution in [2.24, 2.45) is 0 Å². The van der Waals surface area contributed by atoms with Crippen LogP contribution in [0, 0.1) is 0 Å². The summed E-state index contributed by atoms with van der Waals surface area (Å²) in [6, 6.07) is 16.3. The summed E-state index contributed by atoms with van der Waals surface area (Å²) in [6.07, 6.45) is 1.24. The van der Waals surface area contributed by atoms with Crippen LogP contribution in [0.15, 0.2) is 53.7 Å². The lowest BCUT2D eigenvalue weighted by atomic mass is 10.1. The summed E-state index contributed by atoms with van der Waals surface area (Å²) in [4.78, 5) is 16.8. The van der Waals surface area contributed by atoms with E-state index in [4.69, 9.17) is 14.7 Å². The Bertz CT molecular complexity index is 1550. The smallest absolute Gasteiger partial charge is 0.228 e. The zero-order chi connectivity index (χ0) is 26.3. The second-order valence-corrected chi connectivity index (χ2v) is 12.2. The molecular weight excluding hydrogens is 500 g/mol. The van der Waals surface area contributed by atoms with E-state index in [9.17, 15) is 8.42 Å². The predicted octanol–water partition coefficient (Wildman–Crippen LogP) is 2.74. The Labute approximate surface area is 223 Å². The molecule has 0 unspecified atom stereocenters. The van der Waals surface area contributed by atoms with Gasteiger partial charge in [-0.1, -0.05) is 30.3 Å². The molecule has 0 bridgehead atoms. The van der Waals surface area contributed by atoms with Gasteiger partial charge in [0.05, 0.1) is 29.9 Å². The van der Waals surface area contributed by atoms with Crippen molar-refractivity contribution in [2.45, 2.75) is 11.7 Å². The van der Waals surface area contributed by atoms with E-state index in [1.165, 1.54) is 11.9 Å². The summed E-state index contributed by atoms with van der Waals surface area (Å²) in [5, 5.41) is 0.999. The average Bonchev–Trinajstić information content (AvgIpc) is 3.33. The van der Waals surface area contributed by atoms with Crippen LogP contribution in [0.3, 0.4) is 0 Å². The molecule has 38 heavy (non-hydrogen) atoms. The lowest BCUT2D eigenvalue weighted by molar-refractivity contribution is 0.0362. The van der Waals surface area contributed by atoms with Crippen LogP contribution in [0.5, 0.6) is 0 Å². The van der Waals surface area contributed by atoms with Crippen molar-refractivity contribution in [3.63, 3.8) is 0 Å². The largest absolute Gasteiger partial charge is 0.379 e. The maximum Gasteiger partial charge on any atom is 0.228 e. The molecule has 6 rings (SSSR count). The maximum absolute atomic E-state index is 13.0. The Kier molecular flexibility index (Phi) is 6.81. The fraction of sp³-hybridized carbons (Fsp3) is 0.429. The fourth-order valence-electron chi connectivity index (χ4n) is 5.47. The number of piperazine rings is 1. The highest BCUT2D eigenvalue weighted by molar-refractivity contribution is 7.90. The highest BCUT2D eigenvalue weighted by Crippen LogP contribution is 2.34. The first-order chi connectivity index (χ1) is 18.4. The molecule has 10 heteroatoms. The van der Waals surface area contributed by atoms with Gasteiger partial charge in [0.25, 0.3) is 0 Å². The van der Waals surface area contributed by atoms with Crippen LogP contribution in [-0.2, 0) is 21.1 Å². The number of pyridine rings is 1. The van der Waals surface area contributed by atoms with E-state index in [0.717, 1.165) is 67.8 Å². The van der Waals surface area contributed by atoms with E-state index in [2.05, 4.69) is 46.0 Å². The van der Waals surface area contributed by atoms with Crippen LogP contribution in [-0.4, -0.2) is 105 Å². The summed E-state index contributed by atoms with van der Waals surface area (Å²) in [5.74, 6) is 0. The van der Waals surface area contributed by atoms with Gasteiger partial charge in [-0.15, -0.1) is 0 Å². The highest BCUT2D eigenvalue weighted by atomic mass is 32.2. The Balaban J connectivity index is 1.46. The molecule has 9 nitrogen and oxygen atoms in total. The monoisotopic (exact) mass is 534 g/mol. The van der Waals surface area contributed by atoms with Crippen molar-refractivity contribution in [2.75, 3.05) is 77.2 Å². The van der Waals surface area contributed by atoms with Crippen LogP contribution >= 0.6 is 0 Å². The van der Waals surface area contributed by atoms with Crippen LogP contribution < -0.4 is 4.90 Å². The lowest BCUT2D eigenvalue weighted by Crippen LogP contribution is -2.44. The van der Waals surface area contributed by atoms with Crippen molar-refractivity contribution in [3.8, 4) is 11.3 Å². The number of likely N-dealkylation sites (N-methyl/N-ethyl adjacent to an activating group) is 1. The first-order valence-corrected chi connectivity index (χ1v) is 15.1. The molecule has 4 heterocycles. The minimum atomic E-state index is -3.57. The number of sulfone groups is 1.